The van der Waals surface area contributed by atoms with E-state index in [0.717, 1.165) is 11.0 Å². The molecular formula is C15H13FN2O. The number of imidazole rings is 1. The molecule has 2 aromatic carbocycles. The first-order valence-corrected chi connectivity index (χ1v) is 6.15. The first kappa shape index (κ1) is 11.7. The van der Waals surface area contributed by atoms with E-state index in [2.05, 4.69) is 9.97 Å². The van der Waals surface area contributed by atoms with Crippen LogP contribution in [0.4, 0.5) is 4.39 Å². The summed E-state index contributed by atoms with van der Waals surface area (Å²) in [6.45, 7) is 2.42. The second-order valence-corrected chi connectivity index (χ2v) is 4.18. The fourth-order valence-electron chi connectivity index (χ4n) is 2.05. The van der Waals surface area contributed by atoms with Gasteiger partial charge in [-0.05, 0) is 37.3 Å². The molecule has 1 heterocycles. The molecular weight excluding hydrogens is 243 g/mol. The topological polar surface area (TPSA) is 37.9 Å². The molecule has 3 nitrogen and oxygen atoms in total. The first-order valence-electron chi connectivity index (χ1n) is 6.15. The Hall–Kier alpha value is -2.36. The minimum atomic E-state index is -0.307. The minimum absolute atomic E-state index is 0.307. The van der Waals surface area contributed by atoms with Crippen molar-refractivity contribution in [2.75, 3.05) is 6.61 Å². The lowest BCUT2D eigenvalue weighted by Crippen LogP contribution is -1.95. The van der Waals surface area contributed by atoms with E-state index in [1.807, 2.05) is 31.2 Å². The van der Waals surface area contributed by atoms with Crippen LogP contribution in [-0.2, 0) is 0 Å². The zero-order valence-corrected chi connectivity index (χ0v) is 10.5. The third kappa shape index (κ3) is 2.17. The van der Waals surface area contributed by atoms with Crippen LogP contribution in [-0.4, -0.2) is 16.6 Å². The molecule has 1 aromatic heterocycles. The zero-order chi connectivity index (χ0) is 13.2. The minimum Gasteiger partial charge on any atom is -0.493 e. The highest BCUT2D eigenvalue weighted by Gasteiger charge is 2.11. The van der Waals surface area contributed by atoms with E-state index in [1.165, 1.54) is 12.1 Å². The van der Waals surface area contributed by atoms with E-state index in [-0.39, 0.29) is 5.82 Å². The van der Waals surface area contributed by atoms with Gasteiger partial charge >= 0.3 is 0 Å². The number of hydrogen-bond acceptors (Lipinski definition) is 2. The van der Waals surface area contributed by atoms with E-state index in [9.17, 15) is 4.39 Å². The number of benzene rings is 2. The van der Waals surface area contributed by atoms with E-state index in [4.69, 9.17) is 4.74 Å². The monoisotopic (exact) mass is 256 g/mol. The lowest BCUT2D eigenvalue weighted by molar-refractivity contribution is 0.341. The van der Waals surface area contributed by atoms with Crippen molar-refractivity contribution < 1.29 is 9.13 Å². The van der Waals surface area contributed by atoms with Crippen molar-refractivity contribution in [3.05, 3.63) is 48.3 Å². The fraction of sp³-hybridized carbons (Fsp3) is 0.133. The summed E-state index contributed by atoms with van der Waals surface area (Å²) in [7, 11) is 0. The molecule has 0 fully saturated rings. The number of nitrogens with one attached hydrogen (secondary N) is 1. The summed E-state index contributed by atoms with van der Waals surface area (Å²) in [6, 6.07) is 12.1. The first-order chi connectivity index (χ1) is 9.28. The highest BCUT2D eigenvalue weighted by Crippen LogP contribution is 2.30. The van der Waals surface area contributed by atoms with E-state index >= 15 is 0 Å². The van der Waals surface area contributed by atoms with Crippen LogP contribution in [0.15, 0.2) is 42.5 Å². The second-order valence-electron chi connectivity index (χ2n) is 4.18. The summed E-state index contributed by atoms with van der Waals surface area (Å²) >= 11 is 0. The van der Waals surface area contributed by atoms with Crippen molar-refractivity contribution in [2.45, 2.75) is 6.92 Å². The number of aromatic amines is 1. The van der Waals surface area contributed by atoms with Crippen LogP contribution >= 0.6 is 0 Å². The van der Waals surface area contributed by atoms with Crippen LogP contribution in [0.25, 0.3) is 22.4 Å². The third-order valence-electron chi connectivity index (χ3n) is 2.89. The Morgan fingerprint density at radius 2 is 2.05 bits per heavy atom. The number of ether oxygens (including phenoxy) is 1. The van der Waals surface area contributed by atoms with Gasteiger partial charge in [0.15, 0.2) is 0 Å². The molecule has 0 saturated heterocycles. The predicted octanol–water partition coefficient (Wildman–Crippen LogP) is 3.77. The summed E-state index contributed by atoms with van der Waals surface area (Å²) in [5.41, 5.74) is 2.41. The Morgan fingerprint density at radius 3 is 2.84 bits per heavy atom. The maximum Gasteiger partial charge on any atom is 0.142 e. The predicted molar refractivity (Wildman–Crippen MR) is 72.7 cm³/mol. The molecule has 0 aliphatic carbocycles. The number of rotatable bonds is 3. The molecule has 0 unspecified atom stereocenters. The van der Waals surface area contributed by atoms with Gasteiger partial charge in [0.2, 0.25) is 0 Å². The lowest BCUT2D eigenvalue weighted by Gasteiger charge is -2.07. The van der Waals surface area contributed by atoms with Crippen molar-refractivity contribution in [1.29, 1.82) is 0 Å². The molecule has 19 heavy (non-hydrogen) atoms. The summed E-state index contributed by atoms with van der Waals surface area (Å²) in [4.78, 5) is 7.64. The van der Waals surface area contributed by atoms with Crippen molar-refractivity contribution in [2.24, 2.45) is 0 Å². The van der Waals surface area contributed by atoms with Gasteiger partial charge in [0.05, 0.1) is 23.2 Å². The zero-order valence-electron chi connectivity index (χ0n) is 10.5. The summed E-state index contributed by atoms with van der Waals surface area (Å²) in [5.74, 6) is 0.936. The molecule has 0 spiro atoms. The normalized spacial score (nSPS) is 10.8. The van der Waals surface area contributed by atoms with Gasteiger partial charge in [0.25, 0.3) is 0 Å². The fourth-order valence-corrected chi connectivity index (χ4v) is 2.05. The van der Waals surface area contributed by atoms with Crippen molar-refractivity contribution in [1.82, 2.24) is 9.97 Å². The number of hydrogen-bond donors (Lipinski definition) is 1. The van der Waals surface area contributed by atoms with Crippen LogP contribution in [0, 0.1) is 5.82 Å². The molecule has 4 heteroatoms. The summed E-state index contributed by atoms with van der Waals surface area (Å²) in [6.07, 6.45) is 0. The van der Waals surface area contributed by atoms with E-state index in [0.29, 0.717) is 23.7 Å². The number of H-pyrrole nitrogens is 1. The smallest absolute Gasteiger partial charge is 0.142 e. The number of aromatic nitrogens is 2. The highest BCUT2D eigenvalue weighted by molar-refractivity contribution is 5.80. The molecule has 0 aliphatic heterocycles. The van der Waals surface area contributed by atoms with Gasteiger partial charge in [-0.2, -0.15) is 0 Å². The number of fused-ring (bicyclic) bond motifs is 1. The molecule has 3 aromatic rings. The summed E-state index contributed by atoms with van der Waals surface area (Å²) < 4.78 is 18.9. The van der Waals surface area contributed by atoms with Gasteiger partial charge in [-0.15, -0.1) is 0 Å². The van der Waals surface area contributed by atoms with Crippen molar-refractivity contribution in [3.63, 3.8) is 0 Å². The van der Waals surface area contributed by atoms with Crippen LogP contribution in [0.3, 0.4) is 0 Å². The second kappa shape index (κ2) is 4.72. The quantitative estimate of drug-likeness (QED) is 0.774. The highest BCUT2D eigenvalue weighted by atomic mass is 19.1. The Labute approximate surface area is 110 Å². The SMILES string of the molecule is CCOc1ccc(F)cc1-c1nc2ccccc2[nH]1. The third-order valence-corrected chi connectivity index (χ3v) is 2.89. The van der Waals surface area contributed by atoms with Crippen LogP contribution in [0.1, 0.15) is 6.92 Å². The maximum atomic E-state index is 13.4. The molecule has 0 radical (unpaired) electrons. The molecule has 1 N–H and O–H groups in total. The van der Waals surface area contributed by atoms with Gasteiger partial charge in [-0.25, -0.2) is 9.37 Å². The molecule has 0 atom stereocenters. The van der Waals surface area contributed by atoms with Crippen molar-refractivity contribution in [3.8, 4) is 17.1 Å². The van der Waals surface area contributed by atoms with Gasteiger partial charge in [0.1, 0.15) is 17.4 Å². The molecule has 0 bridgehead atoms. The lowest BCUT2D eigenvalue weighted by atomic mass is 10.2. The molecule has 0 amide bonds. The van der Waals surface area contributed by atoms with Gasteiger partial charge in [-0.1, -0.05) is 12.1 Å². The average molecular weight is 256 g/mol. The van der Waals surface area contributed by atoms with Crippen LogP contribution in [0.2, 0.25) is 0 Å². The van der Waals surface area contributed by atoms with Crippen LogP contribution in [0.5, 0.6) is 5.75 Å². The molecule has 0 saturated carbocycles. The molecule has 96 valence electrons. The average Bonchev–Trinajstić information content (AvgIpc) is 2.84. The summed E-state index contributed by atoms with van der Waals surface area (Å²) in [5, 5.41) is 0. The van der Waals surface area contributed by atoms with Crippen molar-refractivity contribution >= 4 is 11.0 Å². The van der Waals surface area contributed by atoms with Crippen LogP contribution < -0.4 is 4.74 Å². The van der Waals surface area contributed by atoms with E-state index < -0.39 is 0 Å². The number of para-hydroxylation sites is 2. The Kier molecular flexibility index (Phi) is 2.91. The van der Waals surface area contributed by atoms with Gasteiger partial charge in [0, 0.05) is 0 Å². The molecule has 3 rings (SSSR count). The Bertz CT molecular complexity index is 688. The Balaban J connectivity index is 2.16. The largest absolute Gasteiger partial charge is 0.493 e. The molecule has 0 aliphatic rings. The number of nitrogens with zero attached hydrogens (tertiary/aromatic N) is 1. The standard InChI is InChI=1S/C15H13FN2O/c1-2-19-14-8-7-10(16)9-11(14)15-17-12-5-3-4-6-13(12)18-15/h3-9H,2H2,1H3,(H,17,18). The van der Waals surface area contributed by atoms with E-state index in [1.54, 1.807) is 6.07 Å². The Morgan fingerprint density at radius 1 is 1.21 bits per heavy atom. The maximum absolute atomic E-state index is 13.4. The number of halogens is 1. The van der Waals surface area contributed by atoms with Gasteiger partial charge in [-0.3, -0.25) is 0 Å². The van der Waals surface area contributed by atoms with Gasteiger partial charge < -0.3 is 9.72 Å².